The molecule has 0 bridgehead atoms. The molecule has 0 radical (unpaired) electrons. The molecule has 2 aromatic rings. The van der Waals surface area contributed by atoms with E-state index in [4.69, 9.17) is 11.6 Å². The van der Waals surface area contributed by atoms with Gasteiger partial charge in [-0.05, 0) is 56.0 Å². The van der Waals surface area contributed by atoms with Crippen molar-refractivity contribution in [1.82, 2.24) is 5.43 Å². The second-order valence-corrected chi connectivity index (χ2v) is 8.74. The Hall–Kier alpha value is -2.38. The Bertz CT molecular complexity index is 980. The van der Waals surface area contributed by atoms with Crippen molar-refractivity contribution in [2.75, 3.05) is 4.72 Å². The third kappa shape index (κ3) is 5.33. The predicted molar refractivity (Wildman–Crippen MR) is 111 cm³/mol. The van der Waals surface area contributed by atoms with Crippen molar-refractivity contribution in [3.05, 3.63) is 59.1 Å². The molecule has 3 rings (SSSR count). The van der Waals surface area contributed by atoms with Crippen molar-refractivity contribution in [1.29, 1.82) is 0 Å². The highest BCUT2D eigenvalue weighted by molar-refractivity contribution is 7.92. The number of nitrogens with zero attached hydrogens (tertiary/aromatic N) is 1. The normalized spacial score (nSPS) is 14.8. The minimum absolute atomic E-state index is 0.0258. The second kappa shape index (κ2) is 9.21. The molecule has 6 nitrogen and oxygen atoms in total. The van der Waals surface area contributed by atoms with Crippen LogP contribution in [0.4, 0.5) is 5.69 Å². The standard InChI is InChI=1S/C20H22ClN3O3S/c21-18-12-5-6-13-19(18)24-28(26,27)17-11-7-8-15(14-17)20(25)23-22-16-9-3-1-2-4-10-16/h5-8,11-14,24H,1-4,9-10H2,(H,23,25). The van der Waals surface area contributed by atoms with E-state index in [1.54, 1.807) is 30.3 Å². The summed E-state index contributed by atoms with van der Waals surface area (Å²) in [5, 5.41) is 4.52. The van der Waals surface area contributed by atoms with Crippen LogP contribution in [0.2, 0.25) is 5.02 Å². The SMILES string of the molecule is O=C(NN=C1CCCCCC1)c1cccc(S(=O)(=O)Nc2ccccc2Cl)c1. The average Bonchev–Trinajstić information content (AvgIpc) is 2.97. The Morgan fingerprint density at radius 1 is 0.964 bits per heavy atom. The van der Waals surface area contributed by atoms with Gasteiger partial charge in [0.05, 0.1) is 15.6 Å². The predicted octanol–water partition coefficient (Wildman–Crippen LogP) is 4.58. The maximum Gasteiger partial charge on any atom is 0.271 e. The van der Waals surface area contributed by atoms with Gasteiger partial charge in [-0.3, -0.25) is 9.52 Å². The molecule has 0 saturated heterocycles. The van der Waals surface area contributed by atoms with Crippen LogP contribution in [0.25, 0.3) is 0 Å². The van der Waals surface area contributed by atoms with E-state index in [-0.39, 0.29) is 16.1 Å². The van der Waals surface area contributed by atoms with Crippen LogP contribution >= 0.6 is 11.6 Å². The largest absolute Gasteiger partial charge is 0.278 e. The van der Waals surface area contributed by atoms with E-state index in [1.165, 1.54) is 31.0 Å². The molecule has 0 aliphatic heterocycles. The monoisotopic (exact) mass is 419 g/mol. The maximum absolute atomic E-state index is 12.6. The van der Waals surface area contributed by atoms with Crippen LogP contribution in [0, 0.1) is 0 Å². The Balaban J connectivity index is 1.74. The number of para-hydroxylation sites is 1. The molecule has 1 amide bonds. The third-order valence-corrected chi connectivity index (χ3v) is 6.21. The number of carbonyl (C=O) groups is 1. The number of hydrogen-bond acceptors (Lipinski definition) is 4. The molecule has 148 valence electrons. The molecule has 0 heterocycles. The summed E-state index contributed by atoms with van der Waals surface area (Å²) < 4.78 is 27.7. The maximum atomic E-state index is 12.6. The van der Waals surface area contributed by atoms with Crippen LogP contribution in [0.1, 0.15) is 48.9 Å². The number of benzene rings is 2. The van der Waals surface area contributed by atoms with Crippen LogP contribution in [-0.2, 0) is 10.0 Å². The van der Waals surface area contributed by atoms with Crippen molar-refractivity contribution in [3.8, 4) is 0 Å². The highest BCUT2D eigenvalue weighted by Crippen LogP contribution is 2.24. The highest BCUT2D eigenvalue weighted by Gasteiger charge is 2.18. The summed E-state index contributed by atoms with van der Waals surface area (Å²) in [6.45, 7) is 0. The van der Waals surface area contributed by atoms with Crippen LogP contribution in [-0.4, -0.2) is 20.0 Å². The van der Waals surface area contributed by atoms with Gasteiger partial charge in [0.1, 0.15) is 0 Å². The zero-order valence-electron chi connectivity index (χ0n) is 15.3. The van der Waals surface area contributed by atoms with E-state index in [0.717, 1.165) is 31.4 Å². The number of nitrogens with one attached hydrogen (secondary N) is 2. The first-order valence-corrected chi connectivity index (χ1v) is 11.0. The number of amides is 1. The van der Waals surface area contributed by atoms with Gasteiger partial charge in [-0.25, -0.2) is 13.8 Å². The van der Waals surface area contributed by atoms with Gasteiger partial charge in [0.25, 0.3) is 15.9 Å². The van der Waals surface area contributed by atoms with Crippen molar-refractivity contribution in [2.24, 2.45) is 5.10 Å². The van der Waals surface area contributed by atoms with E-state index in [2.05, 4.69) is 15.2 Å². The molecule has 2 N–H and O–H groups in total. The minimum atomic E-state index is -3.88. The molecule has 1 fully saturated rings. The van der Waals surface area contributed by atoms with Crippen LogP contribution in [0.3, 0.4) is 0 Å². The molecular formula is C20H22ClN3O3S. The summed E-state index contributed by atoms with van der Waals surface area (Å²) >= 11 is 6.02. The van der Waals surface area contributed by atoms with E-state index in [0.29, 0.717) is 5.02 Å². The van der Waals surface area contributed by atoms with Gasteiger partial charge < -0.3 is 0 Å². The van der Waals surface area contributed by atoms with Crippen LogP contribution in [0.15, 0.2) is 58.5 Å². The van der Waals surface area contributed by atoms with Crippen molar-refractivity contribution in [2.45, 2.75) is 43.4 Å². The van der Waals surface area contributed by atoms with Gasteiger partial charge >= 0.3 is 0 Å². The molecule has 0 aromatic heterocycles. The van der Waals surface area contributed by atoms with Gasteiger partial charge in [0, 0.05) is 11.3 Å². The lowest BCUT2D eigenvalue weighted by atomic mass is 10.2. The molecule has 1 aliphatic carbocycles. The fraction of sp³-hybridized carbons (Fsp3) is 0.300. The summed E-state index contributed by atoms with van der Waals surface area (Å²) in [6.07, 6.45) is 6.30. The van der Waals surface area contributed by atoms with Gasteiger partial charge in [-0.2, -0.15) is 5.10 Å². The molecule has 2 aromatic carbocycles. The number of rotatable bonds is 5. The summed E-state index contributed by atoms with van der Waals surface area (Å²) in [6, 6.07) is 12.4. The number of hydrazone groups is 1. The highest BCUT2D eigenvalue weighted by atomic mass is 35.5. The number of anilines is 1. The lowest BCUT2D eigenvalue weighted by molar-refractivity contribution is 0.0954. The summed E-state index contributed by atoms with van der Waals surface area (Å²) in [5.41, 5.74) is 4.03. The Morgan fingerprint density at radius 3 is 2.39 bits per heavy atom. The summed E-state index contributed by atoms with van der Waals surface area (Å²) in [7, 11) is -3.88. The zero-order chi connectivity index (χ0) is 20.0. The summed E-state index contributed by atoms with van der Waals surface area (Å²) in [4.78, 5) is 12.4. The molecule has 0 atom stereocenters. The van der Waals surface area contributed by atoms with E-state index in [9.17, 15) is 13.2 Å². The van der Waals surface area contributed by atoms with Gasteiger partial charge in [0.2, 0.25) is 0 Å². The second-order valence-electron chi connectivity index (χ2n) is 6.65. The Labute approximate surface area is 170 Å². The van der Waals surface area contributed by atoms with Crippen LogP contribution in [0.5, 0.6) is 0 Å². The fourth-order valence-corrected chi connectivity index (χ4v) is 4.36. The molecule has 1 aliphatic rings. The Kier molecular flexibility index (Phi) is 6.70. The van der Waals surface area contributed by atoms with Crippen molar-refractivity contribution in [3.63, 3.8) is 0 Å². The number of carbonyl (C=O) groups excluding carboxylic acids is 1. The van der Waals surface area contributed by atoms with Gasteiger partial charge in [0.15, 0.2) is 0 Å². The fourth-order valence-electron chi connectivity index (χ4n) is 3.00. The quantitative estimate of drug-likeness (QED) is 0.549. The van der Waals surface area contributed by atoms with E-state index < -0.39 is 15.9 Å². The zero-order valence-corrected chi connectivity index (χ0v) is 16.9. The topological polar surface area (TPSA) is 87.6 Å². The van der Waals surface area contributed by atoms with Crippen molar-refractivity contribution >= 4 is 38.9 Å². The summed E-state index contributed by atoms with van der Waals surface area (Å²) in [5.74, 6) is -0.438. The first-order chi connectivity index (χ1) is 13.5. The molecule has 8 heteroatoms. The molecule has 28 heavy (non-hydrogen) atoms. The van der Waals surface area contributed by atoms with Gasteiger partial charge in [-0.15, -0.1) is 0 Å². The third-order valence-electron chi connectivity index (χ3n) is 4.52. The first-order valence-electron chi connectivity index (χ1n) is 9.19. The minimum Gasteiger partial charge on any atom is -0.278 e. The first kappa shape index (κ1) is 20.4. The van der Waals surface area contributed by atoms with E-state index in [1.807, 2.05) is 0 Å². The molecule has 0 spiro atoms. The lowest BCUT2D eigenvalue weighted by Gasteiger charge is -2.10. The smallest absolute Gasteiger partial charge is 0.271 e. The molecular weight excluding hydrogens is 398 g/mol. The molecule has 1 saturated carbocycles. The number of halogens is 1. The van der Waals surface area contributed by atoms with Gasteiger partial charge in [-0.1, -0.05) is 42.6 Å². The van der Waals surface area contributed by atoms with E-state index >= 15 is 0 Å². The van der Waals surface area contributed by atoms with Crippen LogP contribution < -0.4 is 10.1 Å². The number of sulfonamides is 1. The number of hydrogen-bond donors (Lipinski definition) is 2. The molecule has 0 unspecified atom stereocenters. The van der Waals surface area contributed by atoms with Crippen molar-refractivity contribution < 1.29 is 13.2 Å². The Morgan fingerprint density at radius 2 is 1.68 bits per heavy atom. The lowest BCUT2D eigenvalue weighted by Crippen LogP contribution is -2.20. The average molecular weight is 420 g/mol.